The van der Waals surface area contributed by atoms with E-state index in [2.05, 4.69) is 29.4 Å². The van der Waals surface area contributed by atoms with Crippen LogP contribution in [0.5, 0.6) is 0 Å². The lowest BCUT2D eigenvalue weighted by Gasteiger charge is -2.51. The predicted molar refractivity (Wildman–Crippen MR) is 88.2 cm³/mol. The number of hydrogen-bond acceptors (Lipinski definition) is 4. The Balaban J connectivity index is 1.49. The lowest BCUT2D eigenvalue weighted by Crippen LogP contribution is -2.62. The predicted octanol–water partition coefficient (Wildman–Crippen LogP) is 1.07. The van der Waals surface area contributed by atoms with Gasteiger partial charge in [-0.05, 0) is 12.0 Å². The molecule has 7 nitrogen and oxygen atoms in total. The van der Waals surface area contributed by atoms with E-state index in [0.29, 0.717) is 6.61 Å². The van der Waals surface area contributed by atoms with E-state index in [-0.39, 0.29) is 35.7 Å². The third-order valence-corrected chi connectivity index (χ3v) is 4.74. The summed E-state index contributed by atoms with van der Waals surface area (Å²) in [6.07, 6.45) is 2.19. The number of benzene rings is 1. The number of nitrogens with zero attached hydrogens (tertiary/aromatic N) is 2. The number of hydrogen-bond donors (Lipinski definition) is 2. The highest BCUT2D eigenvalue weighted by atomic mass is 16.5. The second-order valence-corrected chi connectivity index (χ2v) is 6.75. The van der Waals surface area contributed by atoms with Crippen LogP contribution in [-0.4, -0.2) is 32.8 Å². The van der Waals surface area contributed by atoms with Gasteiger partial charge in [-0.15, -0.1) is 0 Å². The Hall–Kier alpha value is -2.41. The summed E-state index contributed by atoms with van der Waals surface area (Å²) in [4.78, 5) is 23.5. The molecule has 1 aliphatic rings. The van der Waals surface area contributed by atoms with Crippen molar-refractivity contribution < 1.29 is 9.53 Å². The van der Waals surface area contributed by atoms with Crippen molar-refractivity contribution in [1.82, 2.24) is 20.1 Å². The highest BCUT2D eigenvalue weighted by Crippen LogP contribution is 2.43. The molecule has 3 rings (SSSR count). The van der Waals surface area contributed by atoms with E-state index < -0.39 is 0 Å². The van der Waals surface area contributed by atoms with Crippen molar-refractivity contribution in [2.45, 2.75) is 45.6 Å². The van der Waals surface area contributed by atoms with Gasteiger partial charge in [-0.1, -0.05) is 44.2 Å². The monoisotopic (exact) mass is 330 g/mol. The standard InChI is InChI=1S/C17H22N4O3/c1-17(2)13(19-15(22)9-21-11-18-20-16(21)23)8-14(17)24-10-12-6-4-3-5-7-12/h3-7,11,13-14H,8-10H2,1-2H3,(H,19,22)(H,20,23)/t13-,14-/m0/s1. The Morgan fingerprint density at radius 1 is 1.42 bits per heavy atom. The van der Waals surface area contributed by atoms with Crippen LogP contribution < -0.4 is 11.0 Å². The molecule has 24 heavy (non-hydrogen) atoms. The van der Waals surface area contributed by atoms with Gasteiger partial charge in [-0.2, -0.15) is 5.10 Å². The SMILES string of the molecule is CC1(C)[C@@H](NC(=O)Cn2cn[nH]c2=O)C[C@@H]1OCc1ccccc1. The number of rotatable bonds is 6. The van der Waals surface area contributed by atoms with Gasteiger partial charge >= 0.3 is 5.69 Å². The number of aromatic amines is 1. The molecule has 0 spiro atoms. The van der Waals surface area contributed by atoms with Crippen LogP contribution in [0.25, 0.3) is 0 Å². The first-order chi connectivity index (χ1) is 11.5. The Labute approximate surface area is 140 Å². The second-order valence-electron chi connectivity index (χ2n) is 6.75. The second kappa shape index (κ2) is 6.60. The molecule has 1 saturated carbocycles. The highest BCUT2D eigenvalue weighted by molar-refractivity contribution is 5.76. The first-order valence-corrected chi connectivity index (χ1v) is 8.01. The van der Waals surface area contributed by atoms with Gasteiger partial charge in [0.25, 0.3) is 0 Å². The molecule has 2 N–H and O–H groups in total. The zero-order chi connectivity index (χ0) is 17.2. The summed E-state index contributed by atoms with van der Waals surface area (Å²) in [6.45, 7) is 4.71. The van der Waals surface area contributed by atoms with Gasteiger partial charge < -0.3 is 10.1 Å². The molecule has 0 unspecified atom stereocenters. The molecule has 1 heterocycles. The van der Waals surface area contributed by atoms with Crippen LogP contribution in [0.1, 0.15) is 25.8 Å². The molecule has 0 bridgehead atoms. The van der Waals surface area contributed by atoms with Crippen LogP contribution >= 0.6 is 0 Å². The van der Waals surface area contributed by atoms with Crippen molar-refractivity contribution in [1.29, 1.82) is 0 Å². The van der Waals surface area contributed by atoms with Gasteiger partial charge in [0.15, 0.2) is 0 Å². The van der Waals surface area contributed by atoms with Gasteiger partial charge in [-0.3, -0.25) is 9.36 Å². The van der Waals surface area contributed by atoms with Crippen molar-refractivity contribution >= 4 is 5.91 Å². The van der Waals surface area contributed by atoms with Gasteiger partial charge in [-0.25, -0.2) is 9.89 Å². The minimum absolute atomic E-state index is 0.0303. The van der Waals surface area contributed by atoms with Crippen LogP contribution in [0.3, 0.4) is 0 Å². The fourth-order valence-electron chi connectivity index (χ4n) is 2.96. The third-order valence-electron chi connectivity index (χ3n) is 4.74. The minimum atomic E-state index is -0.387. The number of nitrogens with one attached hydrogen (secondary N) is 2. The molecule has 1 amide bonds. The number of ether oxygens (including phenoxy) is 1. The molecule has 0 radical (unpaired) electrons. The largest absolute Gasteiger partial charge is 0.373 e. The Morgan fingerprint density at radius 3 is 2.79 bits per heavy atom. The maximum Gasteiger partial charge on any atom is 0.343 e. The topological polar surface area (TPSA) is 89.0 Å². The smallest absolute Gasteiger partial charge is 0.343 e. The first kappa shape index (κ1) is 16.4. The summed E-state index contributed by atoms with van der Waals surface area (Å²) in [6, 6.07) is 10.1. The maximum absolute atomic E-state index is 12.1. The van der Waals surface area contributed by atoms with E-state index in [1.165, 1.54) is 10.9 Å². The van der Waals surface area contributed by atoms with Crippen LogP contribution in [0, 0.1) is 5.41 Å². The lowest BCUT2D eigenvalue weighted by atomic mass is 9.64. The summed E-state index contributed by atoms with van der Waals surface area (Å²) < 4.78 is 7.24. The first-order valence-electron chi connectivity index (χ1n) is 8.01. The van der Waals surface area contributed by atoms with Crippen molar-refractivity contribution in [2.24, 2.45) is 5.41 Å². The molecule has 0 aliphatic heterocycles. The van der Waals surface area contributed by atoms with E-state index >= 15 is 0 Å². The van der Waals surface area contributed by atoms with E-state index in [9.17, 15) is 9.59 Å². The van der Waals surface area contributed by atoms with Gasteiger partial charge in [0.2, 0.25) is 5.91 Å². The average molecular weight is 330 g/mol. The number of carbonyl (C=O) groups is 1. The van der Waals surface area contributed by atoms with E-state index in [4.69, 9.17) is 4.74 Å². The van der Waals surface area contributed by atoms with Gasteiger partial charge in [0, 0.05) is 11.5 Å². The zero-order valence-electron chi connectivity index (χ0n) is 13.9. The van der Waals surface area contributed by atoms with Gasteiger partial charge in [0.05, 0.1) is 12.7 Å². The molecule has 2 aromatic rings. The molecule has 1 aromatic heterocycles. The normalized spacial score (nSPS) is 21.9. The number of carbonyl (C=O) groups excluding carboxylic acids is 1. The molecule has 1 fully saturated rings. The van der Waals surface area contributed by atoms with Crippen molar-refractivity contribution in [3.63, 3.8) is 0 Å². The third kappa shape index (κ3) is 3.41. The quantitative estimate of drug-likeness (QED) is 0.829. The Morgan fingerprint density at radius 2 is 2.17 bits per heavy atom. The number of aromatic nitrogens is 3. The summed E-state index contributed by atoms with van der Waals surface area (Å²) in [5.41, 5.74) is 0.605. The van der Waals surface area contributed by atoms with E-state index in [1.807, 2.05) is 30.3 Å². The summed E-state index contributed by atoms with van der Waals surface area (Å²) in [5.74, 6) is -0.196. The molecule has 1 aliphatic carbocycles. The summed E-state index contributed by atoms with van der Waals surface area (Å²) >= 11 is 0. The highest BCUT2D eigenvalue weighted by Gasteiger charge is 2.49. The molecule has 1 aromatic carbocycles. The van der Waals surface area contributed by atoms with Crippen LogP contribution in [-0.2, 0) is 22.7 Å². The maximum atomic E-state index is 12.1. The molecule has 128 valence electrons. The zero-order valence-corrected chi connectivity index (χ0v) is 13.9. The minimum Gasteiger partial charge on any atom is -0.373 e. The van der Waals surface area contributed by atoms with Crippen LogP contribution in [0.4, 0.5) is 0 Å². The van der Waals surface area contributed by atoms with E-state index in [1.54, 1.807) is 0 Å². The molecule has 0 saturated heterocycles. The molecule has 7 heteroatoms. The number of amides is 1. The van der Waals surface area contributed by atoms with Crippen molar-refractivity contribution in [3.8, 4) is 0 Å². The molecular weight excluding hydrogens is 308 g/mol. The molecule has 2 atom stereocenters. The van der Waals surface area contributed by atoms with Crippen molar-refractivity contribution in [3.05, 3.63) is 52.7 Å². The van der Waals surface area contributed by atoms with Crippen LogP contribution in [0.15, 0.2) is 41.5 Å². The summed E-state index contributed by atoms with van der Waals surface area (Å²) in [5, 5.41) is 8.86. The molecular formula is C17H22N4O3. The Bertz CT molecular complexity index is 750. The van der Waals surface area contributed by atoms with E-state index in [0.717, 1.165) is 12.0 Å². The fraction of sp³-hybridized carbons (Fsp3) is 0.471. The lowest BCUT2D eigenvalue weighted by molar-refractivity contribution is -0.141. The number of H-pyrrole nitrogens is 1. The van der Waals surface area contributed by atoms with Crippen molar-refractivity contribution in [2.75, 3.05) is 0 Å². The summed E-state index contributed by atoms with van der Waals surface area (Å²) in [7, 11) is 0. The average Bonchev–Trinajstić information content (AvgIpc) is 2.96. The van der Waals surface area contributed by atoms with Crippen LogP contribution in [0.2, 0.25) is 0 Å². The fourth-order valence-corrected chi connectivity index (χ4v) is 2.96. The Kier molecular flexibility index (Phi) is 4.53. The van der Waals surface area contributed by atoms with Gasteiger partial charge in [0.1, 0.15) is 12.9 Å².